The normalized spacial score (nSPS) is 20.9. The summed E-state index contributed by atoms with van der Waals surface area (Å²) < 4.78 is 0. The van der Waals surface area contributed by atoms with Crippen molar-refractivity contribution in [3.05, 3.63) is 11.2 Å². The summed E-state index contributed by atoms with van der Waals surface area (Å²) in [6.45, 7) is 3.22. The van der Waals surface area contributed by atoms with Crippen molar-refractivity contribution < 1.29 is 0 Å². The van der Waals surface area contributed by atoms with Crippen molar-refractivity contribution in [3.8, 4) is 0 Å². The number of anilines is 2. The molecule has 2 heterocycles. The van der Waals surface area contributed by atoms with E-state index in [4.69, 9.17) is 17.3 Å². The van der Waals surface area contributed by atoms with Crippen LogP contribution in [-0.4, -0.2) is 22.6 Å². The molecule has 2 N–H and O–H groups in total. The quantitative estimate of drug-likeness (QED) is 0.785. The molecule has 4 nitrogen and oxygen atoms in total. The van der Waals surface area contributed by atoms with Gasteiger partial charge in [-0.2, -0.15) is 4.98 Å². The molecule has 82 valence electrons. The van der Waals surface area contributed by atoms with Crippen LogP contribution in [0.25, 0.3) is 0 Å². The highest BCUT2D eigenvalue weighted by Gasteiger charge is 2.24. The van der Waals surface area contributed by atoms with Gasteiger partial charge in [0.15, 0.2) is 0 Å². The molecule has 15 heavy (non-hydrogen) atoms. The summed E-state index contributed by atoms with van der Waals surface area (Å²) >= 11 is 5.86. The first-order valence-corrected chi connectivity index (χ1v) is 5.65. The number of halogens is 1. The van der Waals surface area contributed by atoms with Crippen LogP contribution >= 0.6 is 11.6 Å². The predicted molar refractivity (Wildman–Crippen MR) is 62.1 cm³/mol. The fraction of sp³-hybridized carbons (Fsp3) is 0.600. The summed E-state index contributed by atoms with van der Waals surface area (Å²) in [5, 5.41) is 0.416. The van der Waals surface area contributed by atoms with Crippen molar-refractivity contribution in [2.24, 2.45) is 0 Å². The minimum absolute atomic E-state index is 0.249. The molecule has 2 rings (SSSR count). The molecule has 5 heteroatoms. The standard InChI is InChI=1S/C10H15ClN4/c1-2-7-4-3-5-15(7)9-6-8(11)13-10(12)14-9/h6-7H,2-5H2,1H3,(H2,12,13,14). The second-order valence-corrected chi connectivity index (χ2v) is 4.19. The van der Waals surface area contributed by atoms with Crippen LogP contribution in [0.5, 0.6) is 0 Å². The lowest BCUT2D eigenvalue weighted by molar-refractivity contribution is 0.640. The third kappa shape index (κ3) is 2.15. The van der Waals surface area contributed by atoms with Crippen molar-refractivity contribution in [1.82, 2.24) is 9.97 Å². The minimum atomic E-state index is 0.249. The molecule has 0 aromatic carbocycles. The van der Waals surface area contributed by atoms with Crippen molar-refractivity contribution >= 4 is 23.4 Å². The lowest BCUT2D eigenvalue weighted by atomic mass is 10.2. The second kappa shape index (κ2) is 4.23. The fourth-order valence-electron chi connectivity index (χ4n) is 2.13. The Balaban J connectivity index is 2.28. The second-order valence-electron chi connectivity index (χ2n) is 3.80. The van der Waals surface area contributed by atoms with Gasteiger partial charge in [-0.3, -0.25) is 0 Å². The summed E-state index contributed by atoms with van der Waals surface area (Å²) in [7, 11) is 0. The monoisotopic (exact) mass is 226 g/mol. The van der Waals surface area contributed by atoms with Gasteiger partial charge in [0.2, 0.25) is 5.95 Å². The van der Waals surface area contributed by atoms with Crippen LogP contribution < -0.4 is 10.6 Å². The molecular formula is C10H15ClN4. The summed E-state index contributed by atoms with van der Waals surface area (Å²) in [6, 6.07) is 2.35. The molecule has 1 unspecified atom stereocenters. The largest absolute Gasteiger partial charge is 0.368 e. The van der Waals surface area contributed by atoms with Gasteiger partial charge in [0.1, 0.15) is 11.0 Å². The van der Waals surface area contributed by atoms with Gasteiger partial charge in [-0.1, -0.05) is 18.5 Å². The summed E-state index contributed by atoms with van der Waals surface area (Å²) in [5.74, 6) is 1.11. The Morgan fingerprint density at radius 1 is 1.60 bits per heavy atom. The number of aromatic nitrogens is 2. The Hall–Kier alpha value is -1.03. The Kier molecular flexibility index (Phi) is 2.95. The minimum Gasteiger partial charge on any atom is -0.368 e. The average molecular weight is 227 g/mol. The third-order valence-electron chi connectivity index (χ3n) is 2.84. The Morgan fingerprint density at radius 3 is 3.07 bits per heavy atom. The highest BCUT2D eigenvalue weighted by atomic mass is 35.5. The molecule has 0 saturated carbocycles. The molecule has 1 aliphatic rings. The summed E-state index contributed by atoms with van der Waals surface area (Å²) in [5.41, 5.74) is 5.58. The molecule has 1 saturated heterocycles. The van der Waals surface area contributed by atoms with Crippen LogP contribution in [0.3, 0.4) is 0 Å². The van der Waals surface area contributed by atoms with Gasteiger partial charge in [0.05, 0.1) is 0 Å². The van der Waals surface area contributed by atoms with Crippen LogP contribution in [0, 0.1) is 0 Å². The lowest BCUT2D eigenvalue weighted by Crippen LogP contribution is -2.29. The van der Waals surface area contributed by atoms with Crippen LogP contribution in [0.1, 0.15) is 26.2 Å². The maximum atomic E-state index is 5.86. The molecule has 1 atom stereocenters. The fourth-order valence-corrected chi connectivity index (χ4v) is 2.32. The number of hydrogen-bond donors (Lipinski definition) is 1. The highest BCUT2D eigenvalue weighted by molar-refractivity contribution is 6.29. The van der Waals surface area contributed by atoms with Crippen molar-refractivity contribution in [3.63, 3.8) is 0 Å². The molecule has 0 spiro atoms. The van der Waals surface area contributed by atoms with E-state index in [1.54, 1.807) is 6.07 Å². The molecule has 1 fully saturated rings. The zero-order chi connectivity index (χ0) is 10.8. The summed E-state index contributed by atoms with van der Waals surface area (Å²) in [4.78, 5) is 10.4. The number of nitrogens with zero attached hydrogens (tertiary/aromatic N) is 3. The van der Waals surface area contributed by atoms with E-state index >= 15 is 0 Å². The van der Waals surface area contributed by atoms with E-state index in [-0.39, 0.29) is 5.95 Å². The molecule has 0 aliphatic carbocycles. The van der Waals surface area contributed by atoms with E-state index in [0.717, 1.165) is 18.8 Å². The van der Waals surface area contributed by atoms with Gasteiger partial charge < -0.3 is 10.6 Å². The molecule has 0 bridgehead atoms. The molecule has 1 aromatic heterocycles. The van der Waals surface area contributed by atoms with Gasteiger partial charge >= 0.3 is 0 Å². The van der Waals surface area contributed by atoms with Crippen molar-refractivity contribution in [2.75, 3.05) is 17.2 Å². The maximum absolute atomic E-state index is 5.86. The number of rotatable bonds is 2. The van der Waals surface area contributed by atoms with E-state index in [1.165, 1.54) is 12.8 Å². The van der Waals surface area contributed by atoms with E-state index in [1.807, 2.05) is 0 Å². The third-order valence-corrected chi connectivity index (χ3v) is 3.03. The van der Waals surface area contributed by atoms with Crippen LogP contribution in [-0.2, 0) is 0 Å². The van der Waals surface area contributed by atoms with Gasteiger partial charge in [0.25, 0.3) is 0 Å². The van der Waals surface area contributed by atoms with Crippen LogP contribution in [0.2, 0.25) is 5.15 Å². The highest BCUT2D eigenvalue weighted by Crippen LogP contribution is 2.27. The van der Waals surface area contributed by atoms with Crippen molar-refractivity contribution in [1.29, 1.82) is 0 Å². The lowest BCUT2D eigenvalue weighted by Gasteiger charge is -2.24. The average Bonchev–Trinajstić information content (AvgIpc) is 2.63. The first-order valence-electron chi connectivity index (χ1n) is 5.27. The zero-order valence-corrected chi connectivity index (χ0v) is 9.54. The van der Waals surface area contributed by atoms with Gasteiger partial charge in [-0.15, -0.1) is 0 Å². The Morgan fingerprint density at radius 2 is 2.40 bits per heavy atom. The smallest absolute Gasteiger partial charge is 0.223 e. The van der Waals surface area contributed by atoms with Gasteiger partial charge in [-0.25, -0.2) is 4.98 Å². The molecule has 1 aromatic rings. The predicted octanol–water partition coefficient (Wildman–Crippen LogP) is 2.09. The van der Waals surface area contributed by atoms with Gasteiger partial charge in [-0.05, 0) is 19.3 Å². The van der Waals surface area contributed by atoms with Crippen LogP contribution in [0.4, 0.5) is 11.8 Å². The number of nitrogen functional groups attached to an aromatic ring is 1. The Labute approximate surface area is 94.5 Å². The first-order chi connectivity index (χ1) is 7.20. The Bertz CT molecular complexity index is 335. The molecule has 0 amide bonds. The first kappa shape index (κ1) is 10.5. The summed E-state index contributed by atoms with van der Waals surface area (Å²) in [6.07, 6.45) is 3.56. The topological polar surface area (TPSA) is 55.0 Å². The van der Waals surface area contributed by atoms with Crippen LogP contribution in [0.15, 0.2) is 6.07 Å². The van der Waals surface area contributed by atoms with E-state index < -0.39 is 0 Å². The molecule has 1 aliphatic heterocycles. The SMILES string of the molecule is CCC1CCCN1c1cc(Cl)nc(N)n1. The number of hydrogen-bond acceptors (Lipinski definition) is 4. The van der Waals surface area contributed by atoms with Crippen molar-refractivity contribution in [2.45, 2.75) is 32.2 Å². The maximum Gasteiger partial charge on any atom is 0.223 e. The molecule has 0 radical (unpaired) electrons. The van der Waals surface area contributed by atoms with E-state index in [2.05, 4.69) is 21.8 Å². The van der Waals surface area contributed by atoms with E-state index in [0.29, 0.717) is 11.2 Å². The molecular weight excluding hydrogens is 212 g/mol. The van der Waals surface area contributed by atoms with Gasteiger partial charge in [0, 0.05) is 18.7 Å². The number of nitrogens with two attached hydrogens (primary N) is 1. The zero-order valence-electron chi connectivity index (χ0n) is 8.78. The van der Waals surface area contributed by atoms with E-state index in [9.17, 15) is 0 Å².